The molecule has 0 bridgehead atoms. The number of nitrogens with zero attached hydrogens (tertiary/aromatic N) is 5. The summed E-state index contributed by atoms with van der Waals surface area (Å²) in [7, 11) is 0. The molecule has 5 heterocycles. The van der Waals surface area contributed by atoms with Gasteiger partial charge in [0.1, 0.15) is 0 Å². The predicted molar refractivity (Wildman–Crippen MR) is 152 cm³/mol. The molecule has 0 saturated carbocycles. The Hall–Kier alpha value is -3.78. The SMILES string of the molecule is O=C(c1ccc(-c2cccn3nc(Nc4ccc(C5CCCCOCCC5)nc4)nc23)cc1)N1CCCCC1. The van der Waals surface area contributed by atoms with Gasteiger partial charge in [-0.1, -0.05) is 18.6 Å². The number of pyridine rings is 2. The zero-order chi connectivity index (χ0) is 26.4. The summed E-state index contributed by atoms with van der Waals surface area (Å²) in [6.45, 7) is 3.42. The van der Waals surface area contributed by atoms with E-state index in [0.717, 1.165) is 98.5 Å². The average Bonchev–Trinajstić information content (AvgIpc) is 3.46. The number of hydrogen-bond donors (Lipinski definition) is 1. The molecule has 202 valence electrons. The van der Waals surface area contributed by atoms with Gasteiger partial charge >= 0.3 is 0 Å². The van der Waals surface area contributed by atoms with E-state index in [1.54, 1.807) is 4.52 Å². The summed E-state index contributed by atoms with van der Waals surface area (Å²) < 4.78 is 7.45. The number of aromatic nitrogens is 4. The molecule has 1 N–H and O–H groups in total. The lowest BCUT2D eigenvalue weighted by Crippen LogP contribution is -2.35. The molecular weight excluding hydrogens is 488 g/mol. The van der Waals surface area contributed by atoms with Crippen LogP contribution in [0.1, 0.15) is 73.3 Å². The number of ether oxygens (including phenoxy) is 1. The van der Waals surface area contributed by atoms with Crippen molar-refractivity contribution in [1.29, 1.82) is 0 Å². The molecule has 3 aromatic heterocycles. The molecule has 8 heteroatoms. The Morgan fingerprint density at radius 2 is 1.72 bits per heavy atom. The summed E-state index contributed by atoms with van der Waals surface area (Å²) in [6.07, 6.45) is 12.8. The van der Waals surface area contributed by atoms with Crippen molar-refractivity contribution in [1.82, 2.24) is 24.5 Å². The van der Waals surface area contributed by atoms with Crippen molar-refractivity contribution in [2.75, 3.05) is 31.6 Å². The van der Waals surface area contributed by atoms with Crippen molar-refractivity contribution < 1.29 is 9.53 Å². The predicted octanol–water partition coefficient (Wildman–Crippen LogP) is 6.23. The molecule has 1 amide bonds. The van der Waals surface area contributed by atoms with Crippen LogP contribution in [-0.4, -0.2) is 56.7 Å². The Labute approximate surface area is 229 Å². The third-order valence-electron chi connectivity index (χ3n) is 7.84. The fraction of sp³-hybridized carbons (Fsp3) is 0.419. The van der Waals surface area contributed by atoms with Crippen LogP contribution in [0.25, 0.3) is 16.8 Å². The second-order valence-corrected chi connectivity index (χ2v) is 10.6. The number of anilines is 2. The zero-order valence-corrected chi connectivity index (χ0v) is 22.4. The van der Waals surface area contributed by atoms with E-state index in [2.05, 4.69) is 22.5 Å². The van der Waals surface area contributed by atoms with Gasteiger partial charge in [-0.15, -0.1) is 5.10 Å². The number of nitrogens with one attached hydrogen (secondary N) is 1. The molecule has 0 radical (unpaired) electrons. The van der Waals surface area contributed by atoms with E-state index in [1.807, 2.05) is 53.7 Å². The molecule has 1 unspecified atom stereocenters. The smallest absolute Gasteiger partial charge is 0.253 e. The van der Waals surface area contributed by atoms with Crippen molar-refractivity contribution in [3.8, 4) is 11.1 Å². The van der Waals surface area contributed by atoms with Gasteiger partial charge in [0.25, 0.3) is 5.91 Å². The van der Waals surface area contributed by atoms with Gasteiger partial charge in [-0.2, -0.15) is 4.98 Å². The van der Waals surface area contributed by atoms with E-state index < -0.39 is 0 Å². The lowest BCUT2D eigenvalue weighted by atomic mass is 9.93. The Bertz CT molecular complexity index is 1380. The van der Waals surface area contributed by atoms with Crippen LogP contribution in [0.4, 0.5) is 11.6 Å². The van der Waals surface area contributed by atoms with Crippen LogP contribution in [0.2, 0.25) is 0 Å². The summed E-state index contributed by atoms with van der Waals surface area (Å²) in [4.78, 5) is 24.4. The number of rotatable bonds is 5. The number of fused-ring (bicyclic) bond motifs is 1. The molecule has 2 fully saturated rings. The van der Waals surface area contributed by atoms with E-state index in [9.17, 15) is 4.79 Å². The summed E-state index contributed by atoms with van der Waals surface area (Å²) in [6, 6.07) is 16.0. The number of likely N-dealkylation sites (tertiary alicyclic amines) is 1. The molecule has 1 atom stereocenters. The number of benzene rings is 1. The molecule has 0 aliphatic carbocycles. The van der Waals surface area contributed by atoms with Gasteiger partial charge in [-0.25, -0.2) is 4.52 Å². The Morgan fingerprint density at radius 3 is 2.54 bits per heavy atom. The molecule has 39 heavy (non-hydrogen) atoms. The van der Waals surface area contributed by atoms with Gasteiger partial charge in [0.15, 0.2) is 5.65 Å². The van der Waals surface area contributed by atoms with E-state index in [0.29, 0.717) is 11.9 Å². The van der Waals surface area contributed by atoms with E-state index in [-0.39, 0.29) is 5.91 Å². The number of carbonyl (C=O) groups excluding carboxylic acids is 1. The van der Waals surface area contributed by atoms with Crippen molar-refractivity contribution in [2.45, 2.75) is 57.3 Å². The molecule has 0 spiro atoms. The van der Waals surface area contributed by atoms with Crippen LogP contribution in [0, 0.1) is 0 Å². The van der Waals surface area contributed by atoms with Crippen molar-refractivity contribution in [2.24, 2.45) is 0 Å². The van der Waals surface area contributed by atoms with Crippen LogP contribution in [0.5, 0.6) is 0 Å². The highest BCUT2D eigenvalue weighted by atomic mass is 16.5. The summed E-state index contributed by atoms with van der Waals surface area (Å²) in [5.41, 5.74) is 5.47. The monoisotopic (exact) mass is 524 g/mol. The normalized spacial score (nSPS) is 18.8. The minimum atomic E-state index is 0.118. The Morgan fingerprint density at radius 1 is 0.897 bits per heavy atom. The Kier molecular flexibility index (Phi) is 7.81. The average molecular weight is 525 g/mol. The van der Waals surface area contributed by atoms with E-state index >= 15 is 0 Å². The first-order chi connectivity index (χ1) is 19.2. The maximum absolute atomic E-state index is 12.9. The third-order valence-corrected chi connectivity index (χ3v) is 7.84. The largest absolute Gasteiger partial charge is 0.381 e. The molecule has 1 aromatic carbocycles. The first kappa shape index (κ1) is 25.5. The minimum Gasteiger partial charge on any atom is -0.381 e. The molecule has 4 aromatic rings. The van der Waals surface area contributed by atoms with Crippen LogP contribution < -0.4 is 5.32 Å². The molecule has 2 aliphatic heterocycles. The molecule has 2 aliphatic rings. The van der Waals surface area contributed by atoms with E-state index in [4.69, 9.17) is 14.7 Å². The number of hydrogen-bond acceptors (Lipinski definition) is 6. The standard InChI is InChI=1S/C31H36N6O2/c38-30(36-17-3-1-4-18-36)25-13-11-23(12-14-25)27-10-6-19-37-29(27)34-31(35-37)33-26-15-16-28(32-22-26)24-8-2-5-20-39-21-7-9-24/h6,10-16,19,22,24H,1-5,7-9,17-18,20-21H2,(H,33,35). The molecular formula is C31H36N6O2. The lowest BCUT2D eigenvalue weighted by molar-refractivity contribution is 0.0724. The summed E-state index contributed by atoms with van der Waals surface area (Å²) >= 11 is 0. The van der Waals surface area contributed by atoms with E-state index in [1.165, 1.54) is 12.8 Å². The van der Waals surface area contributed by atoms with Gasteiger partial charge < -0.3 is 15.0 Å². The van der Waals surface area contributed by atoms with Gasteiger partial charge in [0.05, 0.1) is 11.9 Å². The summed E-state index contributed by atoms with van der Waals surface area (Å²) in [5.74, 6) is 1.12. The van der Waals surface area contributed by atoms with Gasteiger partial charge in [-0.3, -0.25) is 9.78 Å². The summed E-state index contributed by atoms with van der Waals surface area (Å²) in [5, 5.41) is 7.96. The fourth-order valence-corrected chi connectivity index (χ4v) is 5.68. The van der Waals surface area contributed by atoms with Crippen molar-refractivity contribution in [3.63, 3.8) is 0 Å². The third kappa shape index (κ3) is 5.96. The van der Waals surface area contributed by atoms with Crippen LogP contribution in [0.15, 0.2) is 60.9 Å². The van der Waals surface area contributed by atoms with Crippen LogP contribution in [-0.2, 0) is 4.74 Å². The van der Waals surface area contributed by atoms with Crippen LogP contribution >= 0.6 is 0 Å². The van der Waals surface area contributed by atoms with Gasteiger partial charge in [0, 0.05) is 55.2 Å². The maximum Gasteiger partial charge on any atom is 0.253 e. The van der Waals surface area contributed by atoms with Crippen molar-refractivity contribution in [3.05, 3.63) is 72.2 Å². The Balaban J connectivity index is 1.17. The molecule has 2 saturated heterocycles. The maximum atomic E-state index is 12.9. The van der Waals surface area contributed by atoms with Gasteiger partial charge in [-0.05, 0) is 86.9 Å². The number of amides is 1. The highest BCUT2D eigenvalue weighted by Crippen LogP contribution is 2.29. The number of carbonyl (C=O) groups is 1. The second kappa shape index (κ2) is 11.9. The fourth-order valence-electron chi connectivity index (χ4n) is 5.68. The minimum absolute atomic E-state index is 0.118. The highest BCUT2D eigenvalue weighted by molar-refractivity contribution is 5.95. The van der Waals surface area contributed by atoms with Gasteiger partial charge in [0.2, 0.25) is 5.95 Å². The topological polar surface area (TPSA) is 84.7 Å². The highest BCUT2D eigenvalue weighted by Gasteiger charge is 2.19. The zero-order valence-electron chi connectivity index (χ0n) is 22.4. The van der Waals surface area contributed by atoms with Crippen molar-refractivity contribution >= 4 is 23.2 Å². The number of piperidine rings is 1. The van der Waals surface area contributed by atoms with Crippen LogP contribution in [0.3, 0.4) is 0 Å². The molecule has 6 rings (SSSR count). The lowest BCUT2D eigenvalue weighted by Gasteiger charge is -2.26. The first-order valence-electron chi connectivity index (χ1n) is 14.3. The second-order valence-electron chi connectivity index (χ2n) is 10.6. The quantitative estimate of drug-likeness (QED) is 0.333. The first-order valence-corrected chi connectivity index (χ1v) is 14.3. The molecule has 8 nitrogen and oxygen atoms in total.